The molecule has 0 bridgehead atoms. The zero-order valence-electron chi connectivity index (χ0n) is 34.9. The fourth-order valence-electron chi connectivity index (χ4n) is 6.86. The van der Waals surface area contributed by atoms with E-state index in [1.165, 1.54) is 14.7 Å². The first-order chi connectivity index (χ1) is 27.4. The molecule has 0 heterocycles. The Bertz CT molecular complexity index is 1870. The largest absolute Gasteiger partial charge is 0.744 e. The van der Waals surface area contributed by atoms with Crippen LogP contribution in [-0.4, -0.2) is 37.9 Å². The van der Waals surface area contributed by atoms with Crippen LogP contribution in [0.3, 0.4) is 0 Å². The van der Waals surface area contributed by atoms with Gasteiger partial charge >= 0.3 is 0 Å². The third-order valence-corrected chi connectivity index (χ3v) is 28.0. The molecule has 58 heavy (non-hydrogen) atoms. The minimum Gasteiger partial charge on any atom is -0.744 e. The highest BCUT2D eigenvalue weighted by molar-refractivity contribution is 7.97. The molecule has 6 nitrogen and oxygen atoms in total. The van der Waals surface area contributed by atoms with E-state index in [4.69, 9.17) is 13.3 Å². The summed E-state index contributed by atoms with van der Waals surface area (Å²) in [7, 11) is -11.5. The van der Waals surface area contributed by atoms with Gasteiger partial charge in [-0.2, -0.15) is 0 Å². The van der Waals surface area contributed by atoms with E-state index >= 15 is 0 Å². The van der Waals surface area contributed by atoms with Gasteiger partial charge in [0.15, 0.2) is 38.0 Å². The molecule has 0 aliphatic heterocycles. The summed E-state index contributed by atoms with van der Waals surface area (Å²) >= 11 is 0. The van der Waals surface area contributed by atoms with E-state index in [1.807, 2.05) is 0 Å². The molecule has 4 aromatic rings. The van der Waals surface area contributed by atoms with Crippen LogP contribution in [0.2, 0.25) is 54.4 Å². The van der Waals surface area contributed by atoms with E-state index in [1.54, 1.807) is 0 Å². The van der Waals surface area contributed by atoms with Gasteiger partial charge in [0, 0.05) is 18.2 Å². The van der Waals surface area contributed by atoms with Crippen molar-refractivity contribution in [2.45, 2.75) is 136 Å². The molecule has 0 aliphatic carbocycles. The normalized spacial score (nSPS) is 12.3. The number of halogens is 5. The molecule has 320 valence electrons. The first kappa shape index (κ1) is 49.2. The van der Waals surface area contributed by atoms with Gasteiger partial charge in [-0.25, -0.2) is 30.4 Å². The van der Waals surface area contributed by atoms with Crippen LogP contribution < -0.4 is 13.3 Å². The minimum absolute atomic E-state index is 0.342. The summed E-state index contributed by atoms with van der Waals surface area (Å²) in [6.45, 7) is 20.7. The Hall–Kier alpha value is -3.16. The van der Waals surface area contributed by atoms with Crippen molar-refractivity contribution in [2.75, 3.05) is 0 Å². The molecule has 0 atom stereocenters. The summed E-state index contributed by atoms with van der Waals surface area (Å²) in [5, 5.41) is 0. The average Bonchev–Trinajstić information content (AvgIpc) is 3.23. The molecule has 0 saturated heterocycles. The predicted molar refractivity (Wildman–Crippen MR) is 229 cm³/mol. The number of rotatable bonds is 19. The smallest absolute Gasteiger partial charge is 0.250 e. The van der Waals surface area contributed by atoms with Gasteiger partial charge in [-0.15, -0.1) is 0 Å². The summed E-state index contributed by atoms with van der Waals surface area (Å²) in [4.78, 5) is 1.44. The van der Waals surface area contributed by atoms with Crippen LogP contribution in [0.4, 0.5) is 22.0 Å². The molecular weight excluding hydrogens is 844 g/mol. The second kappa shape index (κ2) is 21.4. The number of hydrogen-bond acceptors (Lipinski definition) is 6. The molecule has 0 aromatic heterocycles. The lowest BCUT2D eigenvalue weighted by molar-refractivity contribution is 0.350. The molecule has 0 aliphatic rings. The lowest BCUT2D eigenvalue weighted by Crippen LogP contribution is -2.39. The van der Waals surface area contributed by atoms with E-state index in [2.05, 4.69) is 135 Å². The average molecular weight is 901 g/mol. The molecule has 0 amide bonds. The summed E-state index contributed by atoms with van der Waals surface area (Å²) in [5.74, 6) is -9.80. The lowest BCUT2D eigenvalue weighted by Gasteiger charge is -2.29. The van der Waals surface area contributed by atoms with Crippen LogP contribution in [0.25, 0.3) is 0 Å². The summed E-state index contributed by atoms with van der Waals surface area (Å²) in [6.07, 6.45) is 0. The maximum atomic E-state index is 12.6. The van der Waals surface area contributed by atoms with Crippen molar-refractivity contribution < 1.29 is 48.2 Å². The maximum absolute atomic E-state index is 12.6. The SMILES string of the molecule is CC[Si](CC)(CC)Oc1cccc([S+](c2cccc(O[Si](CC)(CC)CC)c2)c2cccc(O[Si](CC)(CC)CC)c2)c1.O=S(=O)([O-])c1c(F)c(F)c(F)c(F)c1F. The fourth-order valence-corrected chi connectivity index (χ4v) is 17.3. The molecule has 4 aromatic carbocycles. The summed E-state index contributed by atoms with van der Waals surface area (Å²) < 4.78 is 114. The zero-order chi connectivity index (χ0) is 43.5. The molecule has 0 N–H and O–H groups in total. The summed E-state index contributed by atoms with van der Waals surface area (Å²) in [5.41, 5.74) is 0. The fraction of sp³-hybridized carbons (Fsp3) is 0.429. The van der Waals surface area contributed by atoms with Crippen molar-refractivity contribution >= 4 is 46.0 Å². The lowest BCUT2D eigenvalue weighted by atomic mass is 10.3. The first-order valence-electron chi connectivity index (χ1n) is 20.0. The van der Waals surface area contributed by atoms with Crippen molar-refractivity contribution in [3.63, 3.8) is 0 Å². The molecule has 16 heteroatoms. The third-order valence-electron chi connectivity index (χ3n) is 11.3. The molecule has 0 radical (unpaired) electrons. The Morgan fingerprint density at radius 3 is 0.931 bits per heavy atom. The van der Waals surface area contributed by atoms with Crippen molar-refractivity contribution in [1.29, 1.82) is 0 Å². The van der Waals surface area contributed by atoms with Crippen LogP contribution in [-0.2, 0) is 21.0 Å². The summed E-state index contributed by atoms with van der Waals surface area (Å²) in [6, 6.07) is 36.9. The van der Waals surface area contributed by atoms with Gasteiger partial charge in [0.1, 0.15) is 32.3 Å². The highest BCUT2D eigenvalue weighted by Crippen LogP contribution is 2.38. The topological polar surface area (TPSA) is 84.9 Å². The highest BCUT2D eigenvalue weighted by Gasteiger charge is 2.36. The van der Waals surface area contributed by atoms with Gasteiger partial charge in [0.2, 0.25) is 30.8 Å². The van der Waals surface area contributed by atoms with Gasteiger partial charge in [-0.3, -0.25) is 0 Å². The monoisotopic (exact) mass is 900 g/mol. The van der Waals surface area contributed by atoms with Crippen molar-refractivity contribution in [3.8, 4) is 17.2 Å². The van der Waals surface area contributed by atoms with Gasteiger partial charge in [0.25, 0.3) is 0 Å². The first-order valence-corrected chi connectivity index (χ1v) is 30.2. The van der Waals surface area contributed by atoms with Gasteiger partial charge in [-0.05, 0) is 90.8 Å². The molecule has 0 unspecified atom stereocenters. The van der Waals surface area contributed by atoms with Crippen LogP contribution in [0.15, 0.2) is 92.4 Å². The predicted octanol–water partition coefficient (Wildman–Crippen LogP) is 13.2. The van der Waals surface area contributed by atoms with Crippen LogP contribution in [0, 0.1) is 29.1 Å². The van der Waals surface area contributed by atoms with Crippen LogP contribution in [0.1, 0.15) is 62.3 Å². The standard InChI is InChI=1S/C36H57O3SSi3.C6HF5O3S/c1-10-41(11-2,12-3)37-31-22-19-25-34(28-31)40(35-26-20-23-32(29-35)38-42(13-4,14-5)15-6)36-27-21-24-33(30-36)39-43(16-7,17-8)18-9;7-1-2(8)4(10)6(15(12,13)14)5(11)3(1)9/h19-30H,10-18H2,1-9H3;(H,12,13,14)/q+1;/p-1. The Balaban J connectivity index is 0.000000502. The molecule has 0 saturated carbocycles. The second-order valence-corrected chi connectivity index (χ2v) is 31.5. The maximum Gasteiger partial charge on any atom is 0.250 e. The van der Waals surface area contributed by atoms with E-state index in [0.717, 1.165) is 71.6 Å². The van der Waals surface area contributed by atoms with Crippen molar-refractivity contribution in [3.05, 3.63) is 102 Å². The number of hydrogen-bond donors (Lipinski definition) is 0. The quantitative estimate of drug-likeness (QED) is 0.0233. The van der Waals surface area contributed by atoms with Crippen molar-refractivity contribution in [1.82, 2.24) is 0 Å². The van der Waals surface area contributed by atoms with Crippen molar-refractivity contribution in [2.24, 2.45) is 0 Å². The van der Waals surface area contributed by atoms with Crippen LogP contribution in [0.5, 0.6) is 17.2 Å². The molecule has 4 rings (SSSR count). The zero-order valence-corrected chi connectivity index (χ0v) is 39.6. The van der Waals surface area contributed by atoms with E-state index in [0.29, 0.717) is 0 Å². The Labute approximate surface area is 348 Å². The van der Waals surface area contributed by atoms with E-state index in [-0.39, 0.29) is 10.9 Å². The Morgan fingerprint density at radius 1 is 0.466 bits per heavy atom. The van der Waals surface area contributed by atoms with E-state index in [9.17, 15) is 34.9 Å². The van der Waals surface area contributed by atoms with Gasteiger partial charge in [0.05, 0.1) is 10.9 Å². The van der Waals surface area contributed by atoms with E-state index < -0.39 is 69.1 Å². The molecule has 0 fully saturated rings. The molecule has 0 spiro atoms. The molecular formula is C42H57F5O6S2Si3. The third kappa shape index (κ3) is 11.6. The Kier molecular flexibility index (Phi) is 18.1. The Morgan fingerprint density at radius 2 is 0.707 bits per heavy atom. The second-order valence-electron chi connectivity index (χ2n) is 14.1. The van der Waals surface area contributed by atoms with Gasteiger partial charge < -0.3 is 17.8 Å². The van der Waals surface area contributed by atoms with Gasteiger partial charge in [-0.1, -0.05) is 80.5 Å². The highest BCUT2D eigenvalue weighted by atomic mass is 32.2. The number of benzene rings is 4. The minimum atomic E-state index is -5.77. The van der Waals surface area contributed by atoms with Crippen LogP contribution >= 0.6 is 0 Å².